The third-order valence-corrected chi connectivity index (χ3v) is 6.70. The van der Waals surface area contributed by atoms with Crippen LogP contribution < -0.4 is 10.0 Å². The SMILES string of the molecule is COC(=O)c1ccc(S(=O)(=O)NCc2ccc(C(C)NC(=O)OC(C)(C)C)cc2)c(Br)c1. The van der Waals surface area contributed by atoms with Crippen molar-refractivity contribution in [2.45, 2.75) is 50.8 Å². The quantitative estimate of drug-likeness (QED) is 0.520. The molecule has 0 spiro atoms. The predicted octanol–water partition coefficient (Wildman–Crippen LogP) is 4.30. The zero-order valence-electron chi connectivity index (χ0n) is 18.6. The Kier molecular flexibility index (Phi) is 8.44. The van der Waals surface area contributed by atoms with Gasteiger partial charge in [-0.05, 0) is 73.0 Å². The predicted molar refractivity (Wildman–Crippen MR) is 124 cm³/mol. The Morgan fingerprint density at radius 2 is 1.72 bits per heavy atom. The van der Waals surface area contributed by atoms with E-state index in [1.807, 2.05) is 19.1 Å². The lowest BCUT2D eigenvalue weighted by Gasteiger charge is -2.22. The lowest BCUT2D eigenvalue weighted by atomic mass is 10.1. The summed E-state index contributed by atoms with van der Waals surface area (Å²) in [6.45, 7) is 7.27. The molecular formula is C22H27BrN2O6S. The molecule has 0 bridgehead atoms. The molecule has 1 atom stereocenters. The highest BCUT2D eigenvalue weighted by Gasteiger charge is 2.20. The standard InChI is InChI=1S/C22H27BrN2O6S/c1-14(25-21(27)31-22(2,3)4)16-8-6-15(7-9-16)13-24-32(28,29)19-11-10-17(12-18(19)23)20(26)30-5/h6-12,14,24H,13H2,1-5H3,(H,25,27). The number of rotatable bonds is 7. The van der Waals surface area contributed by atoms with Crippen molar-refractivity contribution in [1.29, 1.82) is 0 Å². The zero-order valence-corrected chi connectivity index (χ0v) is 21.0. The second-order valence-corrected chi connectivity index (χ2v) is 10.7. The molecule has 2 aromatic carbocycles. The van der Waals surface area contributed by atoms with Gasteiger partial charge in [-0.2, -0.15) is 0 Å². The molecule has 0 aliphatic heterocycles. The molecule has 174 valence electrons. The number of alkyl carbamates (subject to hydrolysis) is 1. The molecule has 0 fully saturated rings. The van der Waals surface area contributed by atoms with Crippen LogP contribution in [0.2, 0.25) is 0 Å². The maximum Gasteiger partial charge on any atom is 0.408 e. The van der Waals surface area contributed by atoms with Gasteiger partial charge >= 0.3 is 12.1 Å². The number of benzene rings is 2. The van der Waals surface area contributed by atoms with Gasteiger partial charge in [-0.3, -0.25) is 0 Å². The number of amides is 1. The number of carbonyl (C=O) groups excluding carboxylic acids is 2. The summed E-state index contributed by atoms with van der Waals surface area (Å²) < 4.78 is 38.0. The van der Waals surface area contributed by atoms with Crippen molar-refractivity contribution in [3.05, 3.63) is 63.6 Å². The lowest BCUT2D eigenvalue weighted by molar-refractivity contribution is 0.0507. The van der Waals surface area contributed by atoms with Crippen molar-refractivity contribution >= 4 is 38.0 Å². The Bertz CT molecular complexity index is 1080. The summed E-state index contributed by atoms with van der Waals surface area (Å²) >= 11 is 3.20. The molecule has 0 heterocycles. The number of carbonyl (C=O) groups is 2. The first-order valence-electron chi connectivity index (χ1n) is 9.78. The third-order valence-electron chi connectivity index (χ3n) is 4.32. The van der Waals surface area contributed by atoms with Crippen LogP contribution in [0.25, 0.3) is 0 Å². The van der Waals surface area contributed by atoms with Crippen molar-refractivity contribution < 1.29 is 27.5 Å². The number of esters is 1. The first-order valence-corrected chi connectivity index (χ1v) is 12.1. The molecule has 0 aliphatic rings. The average molecular weight is 527 g/mol. The van der Waals surface area contributed by atoms with E-state index in [0.717, 1.165) is 11.1 Å². The van der Waals surface area contributed by atoms with Crippen LogP contribution in [0.5, 0.6) is 0 Å². The summed E-state index contributed by atoms with van der Waals surface area (Å²) in [6, 6.07) is 11.0. The molecule has 1 unspecified atom stereocenters. The fraction of sp³-hybridized carbons (Fsp3) is 0.364. The average Bonchev–Trinajstić information content (AvgIpc) is 2.70. The van der Waals surface area contributed by atoms with E-state index in [0.29, 0.717) is 0 Å². The minimum absolute atomic E-state index is 0.0111. The van der Waals surface area contributed by atoms with Gasteiger partial charge < -0.3 is 14.8 Å². The number of nitrogens with one attached hydrogen (secondary N) is 2. The highest BCUT2D eigenvalue weighted by atomic mass is 79.9. The van der Waals surface area contributed by atoms with E-state index in [1.165, 1.54) is 25.3 Å². The van der Waals surface area contributed by atoms with Crippen LogP contribution in [0, 0.1) is 0 Å². The number of methoxy groups -OCH3 is 1. The van der Waals surface area contributed by atoms with Crippen molar-refractivity contribution in [1.82, 2.24) is 10.0 Å². The van der Waals surface area contributed by atoms with Crippen LogP contribution in [0.1, 0.15) is 55.2 Å². The van der Waals surface area contributed by atoms with Gasteiger partial charge in [0.25, 0.3) is 0 Å². The van der Waals surface area contributed by atoms with Gasteiger partial charge in [0.05, 0.1) is 23.6 Å². The molecule has 8 nitrogen and oxygen atoms in total. The second kappa shape index (κ2) is 10.5. The number of hydrogen-bond acceptors (Lipinski definition) is 6. The Balaban J connectivity index is 2.02. The Morgan fingerprint density at radius 3 is 2.25 bits per heavy atom. The molecule has 32 heavy (non-hydrogen) atoms. The summed E-state index contributed by atoms with van der Waals surface area (Å²) in [4.78, 5) is 23.5. The molecule has 2 aromatic rings. The van der Waals surface area contributed by atoms with Crippen molar-refractivity contribution in [2.24, 2.45) is 0 Å². The molecule has 10 heteroatoms. The summed E-state index contributed by atoms with van der Waals surface area (Å²) in [6.07, 6.45) is -0.509. The van der Waals surface area contributed by atoms with Crippen LogP contribution in [0.3, 0.4) is 0 Å². The largest absolute Gasteiger partial charge is 0.465 e. The van der Waals surface area contributed by atoms with Crippen molar-refractivity contribution in [2.75, 3.05) is 7.11 Å². The molecule has 2 N–H and O–H groups in total. The molecule has 0 saturated heterocycles. The fourth-order valence-electron chi connectivity index (χ4n) is 2.71. The van der Waals surface area contributed by atoms with Crippen molar-refractivity contribution in [3.63, 3.8) is 0 Å². The Labute approximate surface area is 196 Å². The van der Waals surface area contributed by atoms with Crippen LogP contribution in [0.15, 0.2) is 51.8 Å². The number of halogens is 1. The minimum Gasteiger partial charge on any atom is -0.465 e. The third kappa shape index (κ3) is 7.32. The van der Waals surface area contributed by atoms with E-state index < -0.39 is 27.7 Å². The highest BCUT2D eigenvalue weighted by molar-refractivity contribution is 9.10. The number of sulfonamides is 1. The van der Waals surface area contributed by atoms with E-state index >= 15 is 0 Å². The monoisotopic (exact) mass is 526 g/mol. The molecule has 0 aromatic heterocycles. The molecule has 1 amide bonds. The normalized spacial score (nSPS) is 12.7. The number of hydrogen-bond donors (Lipinski definition) is 2. The van der Waals surface area contributed by atoms with Crippen LogP contribution in [-0.4, -0.2) is 33.2 Å². The molecule has 2 rings (SSSR count). The smallest absolute Gasteiger partial charge is 0.408 e. The molecule has 0 saturated carbocycles. The van der Waals surface area contributed by atoms with Gasteiger partial charge in [0.15, 0.2) is 0 Å². The zero-order chi connectivity index (χ0) is 24.1. The Hall–Kier alpha value is -2.43. The van der Waals surface area contributed by atoms with E-state index in [4.69, 9.17) is 4.74 Å². The lowest BCUT2D eigenvalue weighted by Crippen LogP contribution is -2.34. The van der Waals surface area contributed by atoms with Crippen LogP contribution >= 0.6 is 15.9 Å². The van der Waals surface area contributed by atoms with Gasteiger partial charge in [0.2, 0.25) is 10.0 Å². The maximum atomic E-state index is 12.7. The maximum absolute atomic E-state index is 12.7. The summed E-state index contributed by atoms with van der Waals surface area (Å²) in [5, 5.41) is 2.76. The second-order valence-electron chi connectivity index (χ2n) is 8.07. The first-order chi connectivity index (χ1) is 14.8. The summed E-state index contributed by atoms with van der Waals surface area (Å²) in [7, 11) is -2.57. The van der Waals surface area contributed by atoms with Gasteiger partial charge in [-0.1, -0.05) is 24.3 Å². The highest BCUT2D eigenvalue weighted by Crippen LogP contribution is 2.24. The van der Waals surface area contributed by atoms with E-state index in [9.17, 15) is 18.0 Å². The van der Waals surface area contributed by atoms with Crippen LogP contribution in [-0.2, 0) is 26.0 Å². The van der Waals surface area contributed by atoms with E-state index in [1.54, 1.807) is 32.9 Å². The van der Waals surface area contributed by atoms with Crippen molar-refractivity contribution in [3.8, 4) is 0 Å². The van der Waals surface area contributed by atoms with Gasteiger partial charge in [0, 0.05) is 11.0 Å². The molecule has 0 aliphatic carbocycles. The number of ether oxygens (including phenoxy) is 2. The van der Waals surface area contributed by atoms with E-state index in [2.05, 4.69) is 30.7 Å². The first kappa shape index (κ1) is 25.8. The topological polar surface area (TPSA) is 111 Å². The molecule has 0 radical (unpaired) electrons. The van der Waals surface area contributed by atoms with Crippen LogP contribution in [0.4, 0.5) is 4.79 Å². The fourth-order valence-corrected chi connectivity index (χ4v) is 4.80. The molecular weight excluding hydrogens is 500 g/mol. The van der Waals surface area contributed by atoms with Gasteiger partial charge in [-0.15, -0.1) is 0 Å². The van der Waals surface area contributed by atoms with Gasteiger partial charge in [0.1, 0.15) is 5.60 Å². The minimum atomic E-state index is -3.82. The van der Waals surface area contributed by atoms with E-state index in [-0.39, 0.29) is 27.5 Å². The summed E-state index contributed by atoms with van der Waals surface area (Å²) in [5.41, 5.74) is 1.25. The van der Waals surface area contributed by atoms with Gasteiger partial charge in [-0.25, -0.2) is 22.7 Å². The summed E-state index contributed by atoms with van der Waals surface area (Å²) in [5.74, 6) is -0.557. The Morgan fingerprint density at radius 1 is 1.09 bits per heavy atom.